The number of carbonyl (C=O) groups is 2. The van der Waals surface area contributed by atoms with Crippen molar-refractivity contribution in [1.82, 2.24) is 10.2 Å². The summed E-state index contributed by atoms with van der Waals surface area (Å²) in [5.41, 5.74) is 2.11. The number of aryl methyl sites for hydroxylation is 1. The van der Waals surface area contributed by atoms with Crippen LogP contribution < -0.4 is 19.5 Å². The fourth-order valence-electron chi connectivity index (χ4n) is 4.45. The van der Waals surface area contributed by atoms with Gasteiger partial charge in [0.2, 0.25) is 5.91 Å². The van der Waals surface area contributed by atoms with E-state index in [0.29, 0.717) is 30.2 Å². The lowest BCUT2D eigenvalue weighted by atomic mass is 9.95. The van der Waals surface area contributed by atoms with Gasteiger partial charge in [-0.2, -0.15) is 0 Å². The third kappa shape index (κ3) is 7.64. The van der Waals surface area contributed by atoms with Crippen LogP contribution in [0.3, 0.4) is 0 Å². The molecular formula is C28H38N2O5. The first-order valence-electron chi connectivity index (χ1n) is 12.4. The van der Waals surface area contributed by atoms with Crippen LogP contribution in [0.2, 0.25) is 0 Å². The minimum atomic E-state index is -0.575. The summed E-state index contributed by atoms with van der Waals surface area (Å²) in [4.78, 5) is 28.4. The van der Waals surface area contributed by atoms with Crippen molar-refractivity contribution in [2.24, 2.45) is 0 Å². The third-order valence-corrected chi connectivity index (χ3v) is 6.50. The Morgan fingerprint density at radius 1 is 0.971 bits per heavy atom. The number of nitrogens with one attached hydrogen (secondary N) is 1. The molecule has 1 fully saturated rings. The summed E-state index contributed by atoms with van der Waals surface area (Å²) in [5, 5.41) is 3.20. The Balaban J connectivity index is 1.77. The molecule has 190 valence electrons. The molecule has 2 amide bonds. The molecule has 0 radical (unpaired) electrons. The van der Waals surface area contributed by atoms with Gasteiger partial charge in [-0.25, -0.2) is 0 Å². The van der Waals surface area contributed by atoms with E-state index in [1.807, 2.05) is 38.1 Å². The molecule has 0 heterocycles. The van der Waals surface area contributed by atoms with E-state index in [4.69, 9.17) is 14.2 Å². The van der Waals surface area contributed by atoms with Gasteiger partial charge >= 0.3 is 0 Å². The molecule has 0 aliphatic heterocycles. The van der Waals surface area contributed by atoms with Crippen molar-refractivity contribution in [3.63, 3.8) is 0 Å². The highest BCUT2D eigenvalue weighted by molar-refractivity contribution is 5.88. The van der Waals surface area contributed by atoms with Crippen LogP contribution in [0.25, 0.3) is 0 Å². The topological polar surface area (TPSA) is 77.1 Å². The number of nitrogens with zero attached hydrogens (tertiary/aromatic N) is 1. The lowest BCUT2D eigenvalue weighted by Gasteiger charge is -2.32. The number of hydrogen-bond donors (Lipinski definition) is 1. The van der Waals surface area contributed by atoms with E-state index in [2.05, 4.69) is 5.32 Å². The molecule has 1 aliphatic rings. The number of benzene rings is 2. The van der Waals surface area contributed by atoms with Crippen LogP contribution in [0, 0.1) is 6.92 Å². The van der Waals surface area contributed by atoms with Gasteiger partial charge in [-0.05, 0) is 31.7 Å². The summed E-state index contributed by atoms with van der Waals surface area (Å²) in [6.07, 6.45) is 5.98. The Kier molecular flexibility index (Phi) is 9.82. The highest BCUT2D eigenvalue weighted by atomic mass is 16.5. The molecule has 2 aromatic rings. The van der Waals surface area contributed by atoms with E-state index in [1.54, 1.807) is 37.3 Å². The average Bonchev–Trinajstić information content (AvgIpc) is 2.88. The highest BCUT2D eigenvalue weighted by Gasteiger charge is 2.30. The lowest BCUT2D eigenvalue weighted by molar-refractivity contribution is -0.143. The summed E-state index contributed by atoms with van der Waals surface area (Å²) in [5.74, 6) is 1.26. The molecule has 0 spiro atoms. The monoisotopic (exact) mass is 482 g/mol. The van der Waals surface area contributed by atoms with Crippen molar-refractivity contribution in [1.29, 1.82) is 0 Å². The van der Waals surface area contributed by atoms with Crippen molar-refractivity contribution in [3.05, 3.63) is 53.6 Å². The van der Waals surface area contributed by atoms with Crippen molar-refractivity contribution in [3.8, 4) is 17.2 Å². The maximum atomic E-state index is 13.5. The second kappa shape index (κ2) is 13.0. The third-order valence-electron chi connectivity index (χ3n) is 6.50. The van der Waals surface area contributed by atoms with E-state index >= 15 is 0 Å². The smallest absolute Gasteiger partial charge is 0.261 e. The summed E-state index contributed by atoms with van der Waals surface area (Å²) in [6, 6.07) is 12.8. The van der Waals surface area contributed by atoms with E-state index in [0.717, 1.165) is 36.8 Å². The summed E-state index contributed by atoms with van der Waals surface area (Å²) >= 11 is 0. The second-order valence-corrected chi connectivity index (χ2v) is 9.11. The Morgan fingerprint density at radius 3 is 2.14 bits per heavy atom. The van der Waals surface area contributed by atoms with E-state index in [9.17, 15) is 9.59 Å². The second-order valence-electron chi connectivity index (χ2n) is 9.11. The molecule has 0 aromatic heterocycles. The summed E-state index contributed by atoms with van der Waals surface area (Å²) < 4.78 is 16.4. The van der Waals surface area contributed by atoms with E-state index < -0.39 is 6.04 Å². The molecule has 1 atom stereocenters. The minimum absolute atomic E-state index is 0.0945. The van der Waals surface area contributed by atoms with Gasteiger partial charge in [-0.15, -0.1) is 0 Å². The first-order valence-corrected chi connectivity index (χ1v) is 12.4. The van der Waals surface area contributed by atoms with Crippen molar-refractivity contribution >= 4 is 11.8 Å². The maximum Gasteiger partial charge on any atom is 0.261 e. The SMILES string of the molecule is CC[C@@H](C(=O)NC1CCCCC1)N(Cc1ccc(C)cc1)C(=O)COc1cc(OC)cc(OC)c1. The Labute approximate surface area is 208 Å². The van der Waals surface area contributed by atoms with E-state index in [1.165, 1.54) is 6.42 Å². The van der Waals surface area contributed by atoms with Crippen molar-refractivity contribution in [2.45, 2.75) is 71.0 Å². The molecule has 3 rings (SSSR count). The summed E-state index contributed by atoms with van der Waals surface area (Å²) in [6.45, 7) is 4.10. The number of amides is 2. The molecule has 1 aliphatic carbocycles. The largest absolute Gasteiger partial charge is 0.496 e. The Bertz CT molecular complexity index is 948. The Hall–Kier alpha value is -3.22. The molecule has 1 saturated carbocycles. The van der Waals surface area contributed by atoms with Gasteiger partial charge < -0.3 is 24.4 Å². The Morgan fingerprint density at radius 2 is 1.57 bits per heavy atom. The quantitative estimate of drug-likeness (QED) is 0.505. The molecule has 1 N–H and O–H groups in total. The number of carbonyl (C=O) groups excluding carboxylic acids is 2. The molecule has 7 nitrogen and oxygen atoms in total. The predicted molar refractivity (Wildman–Crippen MR) is 136 cm³/mol. The molecule has 0 bridgehead atoms. The van der Waals surface area contributed by atoms with Gasteiger partial charge in [0.15, 0.2) is 6.61 Å². The number of ether oxygens (including phenoxy) is 3. The van der Waals surface area contributed by atoms with Crippen LogP contribution in [0.5, 0.6) is 17.2 Å². The fraction of sp³-hybridized carbons (Fsp3) is 0.500. The van der Waals surface area contributed by atoms with Gasteiger partial charge in [0, 0.05) is 30.8 Å². The van der Waals surface area contributed by atoms with Gasteiger partial charge in [-0.1, -0.05) is 56.0 Å². The zero-order valence-electron chi connectivity index (χ0n) is 21.3. The van der Waals surface area contributed by atoms with Crippen LogP contribution in [0.4, 0.5) is 0 Å². The van der Waals surface area contributed by atoms with Gasteiger partial charge in [0.25, 0.3) is 5.91 Å². The molecular weight excluding hydrogens is 444 g/mol. The van der Waals surface area contributed by atoms with Gasteiger partial charge in [-0.3, -0.25) is 9.59 Å². The summed E-state index contributed by atoms with van der Waals surface area (Å²) in [7, 11) is 3.12. The first kappa shape index (κ1) is 26.4. The normalized spacial score (nSPS) is 14.6. The first-order chi connectivity index (χ1) is 16.9. The zero-order valence-corrected chi connectivity index (χ0v) is 21.3. The number of rotatable bonds is 11. The maximum absolute atomic E-state index is 13.5. The highest BCUT2D eigenvalue weighted by Crippen LogP contribution is 2.27. The standard InChI is InChI=1S/C28H38N2O5/c1-5-26(28(32)29-22-9-7-6-8-10-22)30(18-21-13-11-20(2)12-14-21)27(31)19-35-25-16-23(33-3)15-24(17-25)34-4/h11-17,22,26H,5-10,18-19H2,1-4H3,(H,29,32)/t26-/m0/s1. The molecule has 7 heteroatoms. The van der Waals surface area contributed by atoms with Crippen molar-refractivity contribution < 1.29 is 23.8 Å². The molecule has 0 saturated heterocycles. The zero-order chi connectivity index (χ0) is 25.2. The minimum Gasteiger partial charge on any atom is -0.496 e. The molecule has 35 heavy (non-hydrogen) atoms. The van der Waals surface area contributed by atoms with Gasteiger partial charge in [0.1, 0.15) is 23.3 Å². The van der Waals surface area contributed by atoms with Gasteiger partial charge in [0.05, 0.1) is 14.2 Å². The van der Waals surface area contributed by atoms with Crippen LogP contribution in [-0.4, -0.2) is 49.6 Å². The van der Waals surface area contributed by atoms with Crippen LogP contribution in [-0.2, 0) is 16.1 Å². The molecule has 0 unspecified atom stereocenters. The van der Waals surface area contributed by atoms with Crippen LogP contribution in [0.1, 0.15) is 56.6 Å². The van der Waals surface area contributed by atoms with Crippen LogP contribution in [0.15, 0.2) is 42.5 Å². The van der Waals surface area contributed by atoms with Crippen LogP contribution >= 0.6 is 0 Å². The predicted octanol–water partition coefficient (Wildman–Crippen LogP) is 4.65. The van der Waals surface area contributed by atoms with E-state index in [-0.39, 0.29) is 24.5 Å². The average molecular weight is 483 g/mol. The number of methoxy groups -OCH3 is 2. The fourth-order valence-corrected chi connectivity index (χ4v) is 4.45. The number of hydrogen-bond acceptors (Lipinski definition) is 5. The lowest BCUT2D eigenvalue weighted by Crippen LogP contribution is -2.52. The molecule has 2 aromatic carbocycles. The van der Waals surface area contributed by atoms with Crippen molar-refractivity contribution in [2.75, 3.05) is 20.8 Å².